The number of hydrogen-bond donors (Lipinski definition) is 1. The first-order chi connectivity index (χ1) is 11.8. The second kappa shape index (κ2) is 6.78. The Kier molecular flexibility index (Phi) is 4.70. The van der Waals surface area contributed by atoms with Gasteiger partial charge in [-0.15, -0.1) is 0 Å². The van der Waals surface area contributed by atoms with Crippen LogP contribution in [-0.2, 0) is 11.2 Å². The maximum absolute atomic E-state index is 13.4. The number of ether oxygens (including phenoxy) is 1. The highest BCUT2D eigenvalue weighted by atomic mass is 19.4. The van der Waals surface area contributed by atoms with E-state index in [4.69, 9.17) is 4.74 Å². The van der Waals surface area contributed by atoms with Gasteiger partial charge in [0.05, 0.1) is 5.92 Å². The largest absolute Gasteiger partial charge is 0.492 e. The Hall–Kier alpha value is -2.50. The normalized spacial score (nSPS) is 18.0. The summed E-state index contributed by atoms with van der Waals surface area (Å²) in [5, 5.41) is 2.15. The summed E-state index contributed by atoms with van der Waals surface area (Å²) in [6.45, 7) is 1.86. The molecule has 3 rings (SSSR count). The van der Waals surface area contributed by atoms with Crippen molar-refractivity contribution in [3.63, 3.8) is 0 Å². The molecule has 1 aliphatic heterocycles. The minimum absolute atomic E-state index is 0.0172. The fourth-order valence-corrected chi connectivity index (χ4v) is 2.87. The third kappa shape index (κ3) is 3.95. The van der Waals surface area contributed by atoms with Crippen LogP contribution in [0, 0.1) is 12.8 Å². The average Bonchev–Trinajstić information content (AvgIpc) is 2.59. The number of halogens is 3. The number of nitrogens with one attached hydrogen (secondary N) is 1. The zero-order valence-electron chi connectivity index (χ0n) is 13.6. The van der Waals surface area contributed by atoms with E-state index in [-0.39, 0.29) is 12.2 Å². The minimum atomic E-state index is -4.57. The van der Waals surface area contributed by atoms with Gasteiger partial charge in [0.25, 0.3) is 0 Å². The summed E-state index contributed by atoms with van der Waals surface area (Å²) >= 11 is 0. The van der Waals surface area contributed by atoms with Crippen LogP contribution in [0.1, 0.15) is 22.7 Å². The van der Waals surface area contributed by atoms with Crippen LogP contribution in [0.3, 0.4) is 0 Å². The molecule has 0 saturated heterocycles. The summed E-state index contributed by atoms with van der Waals surface area (Å²) in [7, 11) is 0. The molecule has 0 bridgehead atoms. The van der Waals surface area contributed by atoms with Crippen LogP contribution in [0.15, 0.2) is 48.5 Å². The Balaban J connectivity index is 1.76. The van der Waals surface area contributed by atoms with Crippen LogP contribution in [0.4, 0.5) is 13.2 Å². The summed E-state index contributed by atoms with van der Waals surface area (Å²) in [5.41, 5.74) is 1.70. The van der Waals surface area contributed by atoms with Crippen molar-refractivity contribution in [2.75, 3.05) is 6.61 Å². The molecule has 25 heavy (non-hydrogen) atoms. The van der Waals surface area contributed by atoms with Crippen molar-refractivity contribution in [3.05, 3.63) is 65.2 Å². The third-order valence-corrected chi connectivity index (χ3v) is 4.27. The number of aryl methyl sites for hydroxylation is 1. The van der Waals surface area contributed by atoms with Crippen LogP contribution < -0.4 is 10.1 Å². The molecule has 6 heteroatoms. The number of hydrogen-bond acceptors (Lipinski definition) is 2. The van der Waals surface area contributed by atoms with Crippen LogP contribution in [-0.4, -0.2) is 18.7 Å². The third-order valence-electron chi connectivity index (χ3n) is 4.27. The van der Waals surface area contributed by atoms with Crippen LogP contribution >= 0.6 is 0 Å². The Morgan fingerprint density at radius 3 is 2.52 bits per heavy atom. The zero-order chi connectivity index (χ0) is 18.0. The molecule has 1 heterocycles. The van der Waals surface area contributed by atoms with Gasteiger partial charge in [-0.3, -0.25) is 4.79 Å². The quantitative estimate of drug-likeness (QED) is 0.911. The van der Waals surface area contributed by atoms with Crippen molar-refractivity contribution < 1.29 is 22.7 Å². The number of carbonyl (C=O) groups is 1. The van der Waals surface area contributed by atoms with Gasteiger partial charge in [0, 0.05) is 0 Å². The molecule has 0 radical (unpaired) electrons. The van der Waals surface area contributed by atoms with Gasteiger partial charge in [-0.05, 0) is 30.5 Å². The molecule has 2 aromatic carbocycles. The molecular weight excluding hydrogens is 331 g/mol. The SMILES string of the molecule is Cc1ccc([C@@H](NC(=O)[C@H]2COc3ccccc3C2)C(F)(F)F)cc1. The topological polar surface area (TPSA) is 38.3 Å². The smallest absolute Gasteiger partial charge is 0.412 e. The van der Waals surface area contributed by atoms with Crippen LogP contribution in [0.5, 0.6) is 5.75 Å². The summed E-state index contributed by atoms with van der Waals surface area (Å²) in [5.74, 6) is -0.625. The highest BCUT2D eigenvalue weighted by Crippen LogP contribution is 2.34. The standard InChI is InChI=1S/C19H18F3NO2/c1-12-6-8-13(9-7-12)17(19(20,21)22)23-18(24)15-10-14-4-2-3-5-16(14)25-11-15/h2-9,15,17H,10-11H2,1H3,(H,23,24)/t15-,17-/m1/s1. The van der Waals surface area contributed by atoms with E-state index < -0.39 is 24.0 Å². The lowest BCUT2D eigenvalue weighted by Crippen LogP contribution is -2.43. The first-order valence-corrected chi connectivity index (χ1v) is 7.99. The highest BCUT2D eigenvalue weighted by molar-refractivity contribution is 5.80. The monoisotopic (exact) mass is 349 g/mol. The summed E-state index contributed by atoms with van der Waals surface area (Å²) < 4.78 is 45.8. The summed E-state index contributed by atoms with van der Waals surface area (Å²) in [6.07, 6.45) is -4.21. The van der Waals surface area contributed by atoms with E-state index in [9.17, 15) is 18.0 Å². The average molecular weight is 349 g/mol. The van der Waals surface area contributed by atoms with Gasteiger partial charge in [-0.1, -0.05) is 48.0 Å². The fraction of sp³-hybridized carbons (Fsp3) is 0.316. The number of amides is 1. The second-order valence-electron chi connectivity index (χ2n) is 6.21. The van der Waals surface area contributed by atoms with E-state index >= 15 is 0 Å². The number of rotatable bonds is 3. The van der Waals surface area contributed by atoms with Crippen LogP contribution in [0.2, 0.25) is 0 Å². The lowest BCUT2D eigenvalue weighted by molar-refractivity contribution is -0.165. The minimum Gasteiger partial charge on any atom is -0.492 e. The van der Waals surface area contributed by atoms with Crippen molar-refractivity contribution in [2.45, 2.75) is 25.6 Å². The van der Waals surface area contributed by atoms with Gasteiger partial charge in [0.1, 0.15) is 12.4 Å². The van der Waals surface area contributed by atoms with Crippen molar-refractivity contribution >= 4 is 5.91 Å². The lowest BCUT2D eigenvalue weighted by atomic mass is 9.95. The van der Waals surface area contributed by atoms with Gasteiger partial charge in [0.2, 0.25) is 5.91 Å². The molecule has 2 aromatic rings. The predicted octanol–water partition coefficient (Wildman–Crippen LogP) is 3.97. The van der Waals surface area contributed by atoms with Gasteiger partial charge in [-0.2, -0.15) is 13.2 Å². The van der Waals surface area contributed by atoms with E-state index in [1.54, 1.807) is 25.1 Å². The maximum Gasteiger partial charge on any atom is 0.412 e. The predicted molar refractivity (Wildman–Crippen MR) is 87.2 cm³/mol. The van der Waals surface area contributed by atoms with E-state index in [1.807, 2.05) is 18.2 Å². The Labute approximate surface area is 143 Å². The molecule has 0 unspecified atom stereocenters. The number of para-hydroxylation sites is 1. The molecule has 0 aliphatic carbocycles. The summed E-state index contributed by atoms with van der Waals surface area (Å²) in [4.78, 5) is 12.4. The number of alkyl halides is 3. The Morgan fingerprint density at radius 1 is 1.16 bits per heavy atom. The van der Waals surface area contributed by atoms with Gasteiger partial charge >= 0.3 is 6.18 Å². The molecule has 1 N–H and O–H groups in total. The molecule has 0 fully saturated rings. The molecule has 1 amide bonds. The van der Waals surface area contributed by atoms with Crippen molar-refractivity contribution in [3.8, 4) is 5.75 Å². The number of carbonyl (C=O) groups excluding carboxylic acids is 1. The van der Waals surface area contributed by atoms with E-state index in [0.29, 0.717) is 12.2 Å². The molecule has 3 nitrogen and oxygen atoms in total. The first kappa shape index (κ1) is 17.3. The summed E-state index contributed by atoms with van der Waals surface area (Å²) in [6, 6.07) is 11.2. The molecule has 1 aliphatic rings. The van der Waals surface area contributed by atoms with Crippen molar-refractivity contribution in [1.82, 2.24) is 5.32 Å². The fourth-order valence-electron chi connectivity index (χ4n) is 2.87. The van der Waals surface area contributed by atoms with Crippen molar-refractivity contribution in [1.29, 1.82) is 0 Å². The lowest BCUT2D eigenvalue weighted by Gasteiger charge is -2.28. The van der Waals surface area contributed by atoms with Gasteiger partial charge < -0.3 is 10.1 Å². The maximum atomic E-state index is 13.4. The Morgan fingerprint density at radius 2 is 1.84 bits per heavy atom. The number of benzene rings is 2. The number of fused-ring (bicyclic) bond motifs is 1. The van der Waals surface area contributed by atoms with Crippen molar-refractivity contribution in [2.24, 2.45) is 5.92 Å². The van der Waals surface area contributed by atoms with E-state index in [1.165, 1.54) is 12.1 Å². The molecule has 0 aromatic heterocycles. The van der Waals surface area contributed by atoms with E-state index in [2.05, 4.69) is 5.32 Å². The van der Waals surface area contributed by atoms with Gasteiger partial charge in [0.15, 0.2) is 6.04 Å². The molecule has 132 valence electrons. The van der Waals surface area contributed by atoms with E-state index in [0.717, 1.165) is 11.1 Å². The van der Waals surface area contributed by atoms with Gasteiger partial charge in [-0.25, -0.2) is 0 Å². The second-order valence-corrected chi connectivity index (χ2v) is 6.21. The van der Waals surface area contributed by atoms with Crippen LogP contribution in [0.25, 0.3) is 0 Å². The molecule has 2 atom stereocenters. The Bertz CT molecular complexity index is 756. The zero-order valence-corrected chi connectivity index (χ0v) is 13.6. The highest BCUT2D eigenvalue weighted by Gasteiger charge is 2.43. The molecular formula is C19H18F3NO2. The first-order valence-electron chi connectivity index (χ1n) is 7.99. The molecule has 0 saturated carbocycles. The molecule has 0 spiro atoms.